The van der Waals surface area contributed by atoms with Crippen molar-refractivity contribution in [2.75, 3.05) is 20.3 Å². The van der Waals surface area contributed by atoms with Gasteiger partial charge in [0.25, 0.3) is 11.7 Å². The highest BCUT2D eigenvalue weighted by Crippen LogP contribution is 2.34. The molecule has 1 fully saturated rings. The molecule has 0 saturated carbocycles. The van der Waals surface area contributed by atoms with E-state index >= 15 is 0 Å². The van der Waals surface area contributed by atoms with Gasteiger partial charge in [-0.3, -0.25) is 9.59 Å². The zero-order valence-corrected chi connectivity index (χ0v) is 21.6. The molecule has 0 aliphatic carbocycles. The van der Waals surface area contributed by atoms with Gasteiger partial charge in [-0.05, 0) is 23.3 Å². The third-order valence-corrected chi connectivity index (χ3v) is 6.28. The van der Waals surface area contributed by atoms with Gasteiger partial charge in [0.2, 0.25) is 5.91 Å². The van der Waals surface area contributed by atoms with E-state index in [0.29, 0.717) is 5.56 Å². The Hall–Kier alpha value is -3.79. The third kappa shape index (κ3) is 7.20. The number of hydrogen-bond donors (Lipinski definition) is 5. The Morgan fingerprint density at radius 3 is 2.36 bits per heavy atom. The van der Waals surface area contributed by atoms with Crippen LogP contribution in [0, 0.1) is 12.3 Å². The van der Waals surface area contributed by atoms with Gasteiger partial charge in [-0.15, -0.1) is 6.42 Å². The Morgan fingerprint density at radius 2 is 1.77 bits per heavy atom. The van der Waals surface area contributed by atoms with E-state index in [1.165, 1.54) is 6.92 Å². The monoisotopic (exact) mass is 540 g/mol. The Balaban J connectivity index is 1.73. The van der Waals surface area contributed by atoms with Gasteiger partial charge in [0, 0.05) is 25.5 Å². The lowest BCUT2D eigenvalue weighted by Gasteiger charge is -2.46. The molecule has 1 aliphatic heterocycles. The van der Waals surface area contributed by atoms with Crippen molar-refractivity contribution in [1.29, 1.82) is 0 Å². The average Bonchev–Trinajstić information content (AvgIpc) is 2.95. The number of nitrogens with one attached hydrogen (secondary N) is 2. The van der Waals surface area contributed by atoms with Gasteiger partial charge in [0.1, 0.15) is 18.8 Å². The summed E-state index contributed by atoms with van der Waals surface area (Å²) in [6, 6.07) is 15.2. The molecule has 1 aliphatic rings. The number of terminal acetylenes is 1. The minimum absolute atomic E-state index is 0.323. The number of esters is 1. The van der Waals surface area contributed by atoms with E-state index < -0.39 is 73.6 Å². The molecule has 2 aromatic rings. The molecule has 0 aromatic heterocycles. The van der Waals surface area contributed by atoms with Crippen molar-refractivity contribution in [2.45, 2.75) is 49.6 Å². The molecule has 11 heteroatoms. The van der Waals surface area contributed by atoms with E-state index in [2.05, 4.69) is 16.6 Å². The number of aliphatic hydroxyl groups is 3. The van der Waals surface area contributed by atoms with Gasteiger partial charge in [-0.2, -0.15) is 0 Å². The Bertz CT molecular complexity index is 1180. The van der Waals surface area contributed by atoms with Crippen LogP contribution in [-0.2, 0) is 23.8 Å². The van der Waals surface area contributed by atoms with E-state index in [1.807, 2.05) is 30.3 Å². The first-order chi connectivity index (χ1) is 18.6. The molecular weight excluding hydrogens is 508 g/mol. The van der Waals surface area contributed by atoms with Crippen molar-refractivity contribution in [3.8, 4) is 23.5 Å². The van der Waals surface area contributed by atoms with Gasteiger partial charge >= 0.3 is 5.97 Å². The zero-order chi connectivity index (χ0) is 28.6. The predicted molar refractivity (Wildman–Crippen MR) is 139 cm³/mol. The second-order valence-corrected chi connectivity index (χ2v) is 9.03. The van der Waals surface area contributed by atoms with Crippen LogP contribution in [0.2, 0.25) is 0 Å². The molecule has 39 heavy (non-hydrogen) atoms. The summed E-state index contributed by atoms with van der Waals surface area (Å²) in [4.78, 5) is 37.0. The molecular formula is C28H32N2O9. The summed E-state index contributed by atoms with van der Waals surface area (Å²) in [7, 11) is 1.07. The van der Waals surface area contributed by atoms with Crippen molar-refractivity contribution in [3.05, 3.63) is 60.2 Å². The highest BCUT2D eigenvalue weighted by atomic mass is 16.7. The standard InChI is InChI=1S/C28H32N2O9/c1-4-14-38-28(27(36)37-3)15-21(32)23(30-17(2)31)25(39-28)24(34)22(33)16-29-26(35)20-12-10-19(11-13-20)18-8-6-5-7-9-18/h1,5-13,21-25,32-34H,14-16H2,2-3H3,(H,29,35)(H,30,31)/t21-,22-,23-,24-,25?,28-/m1/s1. The van der Waals surface area contributed by atoms with Crippen molar-refractivity contribution in [2.24, 2.45) is 0 Å². The summed E-state index contributed by atoms with van der Waals surface area (Å²) < 4.78 is 15.9. The summed E-state index contributed by atoms with van der Waals surface area (Å²) in [6.07, 6.45) is -1.66. The zero-order valence-electron chi connectivity index (χ0n) is 21.6. The van der Waals surface area contributed by atoms with Crippen molar-refractivity contribution in [3.63, 3.8) is 0 Å². The average molecular weight is 541 g/mol. The quantitative estimate of drug-likeness (QED) is 0.206. The van der Waals surface area contributed by atoms with Crippen LogP contribution in [0.5, 0.6) is 0 Å². The van der Waals surface area contributed by atoms with Gasteiger partial charge < -0.3 is 40.2 Å². The lowest BCUT2D eigenvalue weighted by molar-refractivity contribution is -0.308. The summed E-state index contributed by atoms with van der Waals surface area (Å²) in [5, 5.41) is 37.4. The molecule has 1 heterocycles. The molecule has 2 amide bonds. The largest absolute Gasteiger partial charge is 0.465 e. The number of amides is 2. The second-order valence-electron chi connectivity index (χ2n) is 9.03. The Kier molecular flexibility index (Phi) is 10.2. The summed E-state index contributed by atoms with van der Waals surface area (Å²) >= 11 is 0. The number of hydrogen-bond acceptors (Lipinski definition) is 9. The molecule has 0 bridgehead atoms. The maximum Gasteiger partial charge on any atom is 0.366 e. The van der Waals surface area contributed by atoms with E-state index in [0.717, 1.165) is 18.2 Å². The first-order valence-electron chi connectivity index (χ1n) is 12.2. The molecule has 0 radical (unpaired) electrons. The van der Waals surface area contributed by atoms with Gasteiger partial charge in [-0.1, -0.05) is 48.4 Å². The molecule has 3 rings (SSSR count). The summed E-state index contributed by atoms with van der Waals surface area (Å²) in [5.41, 5.74) is 2.23. The molecule has 1 unspecified atom stereocenters. The number of aliphatic hydroxyl groups excluding tert-OH is 3. The number of carbonyl (C=O) groups is 3. The number of ether oxygens (including phenoxy) is 3. The van der Waals surface area contributed by atoms with E-state index in [4.69, 9.17) is 20.6 Å². The first kappa shape index (κ1) is 29.8. The van der Waals surface area contributed by atoms with E-state index in [1.54, 1.807) is 24.3 Å². The highest BCUT2D eigenvalue weighted by molar-refractivity contribution is 5.94. The van der Waals surface area contributed by atoms with Crippen LogP contribution in [0.25, 0.3) is 11.1 Å². The lowest BCUT2D eigenvalue weighted by atomic mass is 9.88. The molecule has 5 N–H and O–H groups in total. The fourth-order valence-electron chi connectivity index (χ4n) is 4.34. The molecule has 6 atom stereocenters. The van der Waals surface area contributed by atoms with Gasteiger partial charge in [-0.25, -0.2) is 4.79 Å². The van der Waals surface area contributed by atoms with Crippen LogP contribution in [0.3, 0.4) is 0 Å². The van der Waals surface area contributed by atoms with Crippen molar-refractivity contribution >= 4 is 17.8 Å². The van der Waals surface area contributed by atoms with Crippen LogP contribution < -0.4 is 10.6 Å². The predicted octanol–water partition coefficient (Wildman–Crippen LogP) is -0.0212. The molecule has 2 aromatic carbocycles. The second kappa shape index (κ2) is 13.3. The summed E-state index contributed by atoms with van der Waals surface area (Å²) in [5.74, 6) is -2.12. The van der Waals surface area contributed by atoms with E-state index in [9.17, 15) is 29.7 Å². The molecule has 11 nitrogen and oxygen atoms in total. The molecule has 208 valence electrons. The fraction of sp³-hybridized carbons (Fsp3) is 0.393. The summed E-state index contributed by atoms with van der Waals surface area (Å²) in [6.45, 7) is 0.379. The normalized spacial score (nSPS) is 24.1. The Morgan fingerprint density at radius 1 is 1.13 bits per heavy atom. The van der Waals surface area contributed by atoms with Crippen LogP contribution in [0.1, 0.15) is 23.7 Å². The van der Waals surface area contributed by atoms with E-state index in [-0.39, 0.29) is 0 Å². The SMILES string of the molecule is C#CCO[C@]1(C(=O)OC)C[C@@H](O)[C@@H](NC(C)=O)C([C@H](O)[C@H](O)CNC(=O)c2ccc(-c3ccccc3)cc2)O1. The maximum atomic E-state index is 12.7. The number of carbonyl (C=O) groups excluding carboxylic acids is 3. The number of benzene rings is 2. The minimum atomic E-state index is -2.20. The Labute approximate surface area is 226 Å². The van der Waals surface area contributed by atoms with Crippen molar-refractivity contribution in [1.82, 2.24) is 10.6 Å². The van der Waals surface area contributed by atoms with Gasteiger partial charge in [0.05, 0.1) is 25.4 Å². The van der Waals surface area contributed by atoms with Crippen LogP contribution >= 0.6 is 0 Å². The molecule has 0 spiro atoms. The topological polar surface area (TPSA) is 164 Å². The minimum Gasteiger partial charge on any atom is -0.465 e. The smallest absolute Gasteiger partial charge is 0.366 e. The van der Waals surface area contributed by atoms with Crippen LogP contribution in [0.15, 0.2) is 54.6 Å². The number of rotatable bonds is 10. The van der Waals surface area contributed by atoms with Crippen LogP contribution in [0.4, 0.5) is 0 Å². The van der Waals surface area contributed by atoms with Crippen molar-refractivity contribution < 1.29 is 43.9 Å². The first-order valence-corrected chi connectivity index (χ1v) is 12.2. The fourth-order valence-corrected chi connectivity index (χ4v) is 4.34. The van der Waals surface area contributed by atoms with Crippen LogP contribution in [-0.4, -0.2) is 89.6 Å². The number of methoxy groups -OCH3 is 1. The lowest BCUT2D eigenvalue weighted by Crippen LogP contribution is -2.68. The maximum absolute atomic E-state index is 12.7. The molecule has 1 saturated heterocycles. The van der Waals surface area contributed by atoms with Gasteiger partial charge in [0.15, 0.2) is 0 Å². The highest BCUT2D eigenvalue weighted by Gasteiger charge is 2.56. The third-order valence-electron chi connectivity index (χ3n) is 6.28.